The van der Waals surface area contributed by atoms with Crippen molar-refractivity contribution in [2.24, 2.45) is 5.73 Å². The van der Waals surface area contributed by atoms with E-state index in [1.807, 2.05) is 0 Å². The summed E-state index contributed by atoms with van der Waals surface area (Å²) in [4.78, 5) is 13.5. The first-order valence-corrected chi connectivity index (χ1v) is 9.93. The first-order valence-electron chi connectivity index (χ1n) is 8.66. The van der Waals surface area contributed by atoms with E-state index in [9.17, 15) is 4.79 Å². The molecule has 1 aromatic carbocycles. The predicted octanol–water partition coefficient (Wildman–Crippen LogP) is 3.43. The van der Waals surface area contributed by atoms with E-state index >= 15 is 0 Å². The molecule has 28 heavy (non-hydrogen) atoms. The summed E-state index contributed by atoms with van der Waals surface area (Å²) in [7, 11) is 0. The first kappa shape index (κ1) is 20.2. The smallest absolute Gasteiger partial charge is 0.251 e. The number of aliphatic hydroxyl groups is 1. The van der Waals surface area contributed by atoms with Crippen LogP contribution in [-0.4, -0.2) is 30.4 Å². The number of rotatable bonds is 7. The molecule has 1 aliphatic rings. The van der Waals surface area contributed by atoms with Gasteiger partial charge in [-0.1, -0.05) is 17.9 Å². The summed E-state index contributed by atoms with van der Waals surface area (Å²) in [6.45, 7) is 3.95. The molecule has 0 radical (unpaired) electrons. The minimum Gasteiger partial charge on any atom is -0.446 e. The van der Waals surface area contributed by atoms with Gasteiger partial charge < -0.3 is 26.3 Å². The van der Waals surface area contributed by atoms with Crippen molar-refractivity contribution in [1.82, 2.24) is 5.32 Å². The van der Waals surface area contributed by atoms with Crippen molar-refractivity contribution < 1.29 is 14.6 Å². The van der Waals surface area contributed by atoms with E-state index < -0.39 is 0 Å². The molecule has 0 unspecified atom stereocenters. The second-order valence-corrected chi connectivity index (χ2v) is 7.65. The maximum absolute atomic E-state index is 11.9. The molecule has 3 rings (SSSR count). The van der Waals surface area contributed by atoms with Crippen LogP contribution in [0.3, 0.4) is 0 Å². The summed E-state index contributed by atoms with van der Waals surface area (Å²) in [5.41, 5.74) is 9.66. The van der Waals surface area contributed by atoms with E-state index in [4.69, 9.17) is 21.0 Å². The summed E-state index contributed by atoms with van der Waals surface area (Å²) >= 11 is 6.02. The number of hydrogen-bond acceptors (Lipinski definition) is 7. The molecule has 5 N–H and O–H groups in total. The number of thiol groups is 1. The van der Waals surface area contributed by atoms with Gasteiger partial charge in [0, 0.05) is 34.5 Å². The number of carbonyl (C=O) groups excluding carboxylic acids is 1. The van der Waals surface area contributed by atoms with Crippen molar-refractivity contribution in [2.45, 2.75) is 12.8 Å². The van der Waals surface area contributed by atoms with Gasteiger partial charge in [-0.3, -0.25) is 4.79 Å². The van der Waals surface area contributed by atoms with Crippen molar-refractivity contribution in [1.29, 1.82) is 5.41 Å². The predicted molar refractivity (Wildman–Crippen MR) is 116 cm³/mol. The third kappa shape index (κ3) is 3.99. The molecule has 6 nitrogen and oxygen atoms in total. The van der Waals surface area contributed by atoms with Crippen LogP contribution in [0.5, 0.6) is 10.8 Å². The van der Waals surface area contributed by atoms with Crippen molar-refractivity contribution in [3.8, 4) is 10.8 Å². The monoisotopic (exact) mass is 415 g/mol. The van der Waals surface area contributed by atoms with Gasteiger partial charge in [0.2, 0.25) is 0 Å². The molecule has 8 heteroatoms. The highest BCUT2D eigenvalue weighted by molar-refractivity contribution is 7.90. The van der Waals surface area contributed by atoms with Gasteiger partial charge in [0.05, 0.1) is 11.5 Å². The lowest BCUT2D eigenvalue weighted by Crippen LogP contribution is -2.26. The van der Waals surface area contributed by atoms with Gasteiger partial charge in [0.1, 0.15) is 5.75 Å². The van der Waals surface area contributed by atoms with E-state index in [-0.39, 0.29) is 19.1 Å². The maximum Gasteiger partial charge on any atom is 0.251 e. The molecule has 146 valence electrons. The SMILES string of the molecule is C=C(N)c1sc(Oc2ccc(C(=O)NCCO)cc2)c2c1CCC(C=N)=C2S. The van der Waals surface area contributed by atoms with Crippen LogP contribution >= 0.6 is 24.0 Å². The molecular formula is C20H21N3O3S2. The van der Waals surface area contributed by atoms with Gasteiger partial charge >= 0.3 is 0 Å². The van der Waals surface area contributed by atoms with Crippen LogP contribution in [0.15, 0.2) is 36.4 Å². The van der Waals surface area contributed by atoms with Gasteiger partial charge in [0.25, 0.3) is 5.91 Å². The quantitative estimate of drug-likeness (QED) is 0.353. The lowest BCUT2D eigenvalue weighted by Gasteiger charge is -2.17. The van der Waals surface area contributed by atoms with Gasteiger partial charge in [-0.25, -0.2) is 0 Å². The minimum absolute atomic E-state index is 0.109. The molecule has 0 aliphatic heterocycles. The first-order chi connectivity index (χ1) is 13.5. The third-order valence-electron chi connectivity index (χ3n) is 4.35. The van der Waals surface area contributed by atoms with Crippen molar-refractivity contribution in [2.75, 3.05) is 13.2 Å². The number of fused-ring (bicyclic) bond motifs is 1. The second-order valence-electron chi connectivity index (χ2n) is 6.22. The number of carbonyl (C=O) groups is 1. The lowest BCUT2D eigenvalue weighted by molar-refractivity contribution is 0.0945. The zero-order valence-corrected chi connectivity index (χ0v) is 16.8. The summed E-state index contributed by atoms with van der Waals surface area (Å²) < 4.78 is 6.08. The molecule has 1 aromatic heterocycles. The Hall–Kier alpha value is -2.55. The highest BCUT2D eigenvalue weighted by Gasteiger charge is 2.27. The number of amides is 1. The zero-order valence-electron chi connectivity index (χ0n) is 15.1. The molecule has 0 atom stereocenters. The van der Waals surface area contributed by atoms with Crippen LogP contribution in [0.25, 0.3) is 10.6 Å². The minimum atomic E-state index is -0.257. The van der Waals surface area contributed by atoms with E-state index in [0.717, 1.165) is 39.3 Å². The van der Waals surface area contributed by atoms with E-state index in [1.165, 1.54) is 17.6 Å². The molecule has 1 aliphatic carbocycles. The Balaban J connectivity index is 1.91. The number of ether oxygens (including phenoxy) is 1. The summed E-state index contributed by atoms with van der Waals surface area (Å²) in [5.74, 6) is 0.312. The van der Waals surface area contributed by atoms with Crippen molar-refractivity contribution in [3.05, 3.63) is 58.0 Å². The Labute approximate surface area is 172 Å². The maximum atomic E-state index is 11.9. The Morgan fingerprint density at radius 1 is 1.39 bits per heavy atom. The number of allylic oxidation sites excluding steroid dienone is 1. The fraction of sp³-hybridized carbons (Fsp3) is 0.200. The Bertz CT molecular complexity index is 962. The highest BCUT2D eigenvalue weighted by Crippen LogP contribution is 2.48. The van der Waals surface area contributed by atoms with Gasteiger partial charge in [0.15, 0.2) is 5.06 Å². The van der Waals surface area contributed by atoms with Crippen LogP contribution in [0.2, 0.25) is 0 Å². The molecule has 1 amide bonds. The molecule has 0 bridgehead atoms. The normalized spacial score (nSPS) is 13.1. The standard InChI is InChI=1S/C20H21N3O3S2/c1-11(22)18-15-7-4-13(10-21)17(27)16(15)20(28-18)26-14-5-2-12(3-6-14)19(25)23-8-9-24/h2-3,5-6,10,21,24,27H,1,4,7-9,22H2,(H,23,25). The average molecular weight is 416 g/mol. The van der Waals surface area contributed by atoms with E-state index in [0.29, 0.717) is 22.1 Å². The summed E-state index contributed by atoms with van der Waals surface area (Å²) in [6, 6.07) is 6.73. The summed E-state index contributed by atoms with van der Waals surface area (Å²) in [6.07, 6.45) is 2.80. The topological polar surface area (TPSA) is 108 Å². The molecule has 2 aromatic rings. The van der Waals surface area contributed by atoms with Crippen molar-refractivity contribution >= 4 is 46.7 Å². The Morgan fingerprint density at radius 2 is 2.11 bits per heavy atom. The fourth-order valence-corrected chi connectivity index (χ4v) is 4.58. The molecule has 1 heterocycles. The van der Waals surface area contributed by atoms with Crippen LogP contribution in [0.4, 0.5) is 0 Å². The van der Waals surface area contributed by atoms with Crippen molar-refractivity contribution in [3.63, 3.8) is 0 Å². The number of nitrogens with one attached hydrogen (secondary N) is 2. The number of benzene rings is 1. The van der Waals surface area contributed by atoms with Gasteiger partial charge in [-0.2, -0.15) is 0 Å². The van der Waals surface area contributed by atoms with Gasteiger partial charge in [-0.15, -0.1) is 12.6 Å². The zero-order chi connectivity index (χ0) is 20.3. The van der Waals surface area contributed by atoms with Crippen LogP contribution < -0.4 is 15.8 Å². The van der Waals surface area contributed by atoms with Crippen LogP contribution in [0.1, 0.15) is 32.8 Å². The van der Waals surface area contributed by atoms with Crippen LogP contribution in [0, 0.1) is 5.41 Å². The summed E-state index contributed by atoms with van der Waals surface area (Å²) in [5, 5.41) is 19.6. The molecule has 0 saturated heterocycles. The lowest BCUT2D eigenvalue weighted by atomic mass is 9.93. The Morgan fingerprint density at radius 3 is 2.71 bits per heavy atom. The largest absolute Gasteiger partial charge is 0.446 e. The molecule has 0 fully saturated rings. The Kier molecular flexibility index (Phi) is 6.23. The van der Waals surface area contributed by atoms with Gasteiger partial charge in [-0.05, 0) is 48.2 Å². The third-order valence-corrected chi connectivity index (χ3v) is 6.05. The van der Waals surface area contributed by atoms with E-state index in [2.05, 4.69) is 24.5 Å². The number of thiophene rings is 1. The molecular weight excluding hydrogens is 394 g/mol. The average Bonchev–Trinajstić information content (AvgIpc) is 3.06. The van der Waals surface area contributed by atoms with Crippen LogP contribution in [-0.2, 0) is 6.42 Å². The molecule has 0 spiro atoms. The highest BCUT2D eigenvalue weighted by atomic mass is 32.1. The molecule has 0 saturated carbocycles. The second kappa shape index (κ2) is 8.64. The fourth-order valence-electron chi connectivity index (χ4n) is 2.98. The number of hydrogen-bond donors (Lipinski definition) is 5. The number of aliphatic hydroxyl groups excluding tert-OH is 1. The number of nitrogens with two attached hydrogens (primary N) is 1. The van der Waals surface area contributed by atoms with E-state index in [1.54, 1.807) is 24.3 Å².